The van der Waals surface area contributed by atoms with Crippen molar-refractivity contribution < 1.29 is 9.47 Å². The number of aromatic nitrogens is 2. The Morgan fingerprint density at radius 1 is 1.27 bits per heavy atom. The Morgan fingerprint density at radius 2 is 2.00 bits per heavy atom. The molecule has 0 aliphatic carbocycles. The molecule has 2 aromatic rings. The molecule has 0 saturated carbocycles. The molecule has 0 amide bonds. The van der Waals surface area contributed by atoms with Gasteiger partial charge in [0.15, 0.2) is 5.79 Å². The van der Waals surface area contributed by atoms with Gasteiger partial charge in [-0.3, -0.25) is 0 Å². The zero-order valence-electron chi connectivity index (χ0n) is 14.9. The van der Waals surface area contributed by atoms with Crippen LogP contribution in [-0.2, 0) is 22.4 Å². The Balaban J connectivity index is 1.76. The lowest BCUT2D eigenvalue weighted by molar-refractivity contribution is -0.183. The molecule has 2 unspecified atom stereocenters. The van der Waals surface area contributed by atoms with Gasteiger partial charge in [-0.1, -0.05) is 48.7 Å². The average molecular weight is 418 g/mol. The molecule has 0 bridgehead atoms. The molecule has 1 fully saturated rings. The fourth-order valence-electron chi connectivity index (χ4n) is 3.34. The van der Waals surface area contributed by atoms with Gasteiger partial charge in [0.1, 0.15) is 0 Å². The first-order chi connectivity index (χ1) is 12.4. The van der Waals surface area contributed by atoms with E-state index in [4.69, 9.17) is 44.3 Å². The van der Waals surface area contributed by atoms with Crippen molar-refractivity contribution in [2.75, 3.05) is 6.61 Å². The number of ether oxygens (including phenoxy) is 2. The van der Waals surface area contributed by atoms with Crippen LogP contribution in [0.5, 0.6) is 0 Å². The van der Waals surface area contributed by atoms with E-state index in [-0.39, 0.29) is 6.10 Å². The van der Waals surface area contributed by atoms with Crippen molar-refractivity contribution >= 4 is 34.8 Å². The van der Waals surface area contributed by atoms with Gasteiger partial charge in [-0.15, -0.1) is 0 Å². The first-order valence-electron chi connectivity index (χ1n) is 8.78. The molecule has 7 heteroatoms. The van der Waals surface area contributed by atoms with E-state index in [0.717, 1.165) is 12.0 Å². The van der Waals surface area contributed by atoms with Crippen LogP contribution < -0.4 is 0 Å². The van der Waals surface area contributed by atoms with Crippen molar-refractivity contribution in [2.24, 2.45) is 5.92 Å². The second-order valence-electron chi connectivity index (χ2n) is 7.17. The van der Waals surface area contributed by atoms with Gasteiger partial charge in [0.05, 0.1) is 25.6 Å². The van der Waals surface area contributed by atoms with Crippen molar-refractivity contribution in [1.29, 1.82) is 0 Å². The smallest absolute Gasteiger partial charge is 0.187 e. The molecule has 1 aliphatic heterocycles. The summed E-state index contributed by atoms with van der Waals surface area (Å²) in [6, 6.07) is 3.43. The highest BCUT2D eigenvalue weighted by Gasteiger charge is 2.41. The first-order valence-corrected chi connectivity index (χ1v) is 9.91. The largest absolute Gasteiger partial charge is 0.345 e. The quantitative estimate of drug-likeness (QED) is 0.585. The summed E-state index contributed by atoms with van der Waals surface area (Å²) in [5, 5.41) is 1.66. The molecular weight excluding hydrogens is 395 g/mol. The molecule has 1 saturated heterocycles. The molecule has 1 aliphatic rings. The van der Waals surface area contributed by atoms with Crippen LogP contribution in [0.15, 0.2) is 30.9 Å². The number of imidazole rings is 1. The fraction of sp³-hybridized carbons (Fsp3) is 0.526. The van der Waals surface area contributed by atoms with Gasteiger partial charge in [-0.25, -0.2) is 4.98 Å². The molecule has 0 spiro atoms. The molecule has 26 heavy (non-hydrogen) atoms. The maximum atomic E-state index is 6.38. The van der Waals surface area contributed by atoms with Gasteiger partial charge in [0.2, 0.25) is 0 Å². The van der Waals surface area contributed by atoms with Crippen molar-refractivity contribution in [2.45, 2.75) is 51.5 Å². The van der Waals surface area contributed by atoms with Crippen LogP contribution in [0.1, 0.15) is 32.3 Å². The molecule has 0 N–H and O–H groups in total. The van der Waals surface area contributed by atoms with Crippen molar-refractivity contribution in [3.63, 3.8) is 0 Å². The summed E-state index contributed by atoms with van der Waals surface area (Å²) in [5.41, 5.74) is 0.863. The molecular formula is C19H23Cl3N2O2. The summed E-state index contributed by atoms with van der Waals surface area (Å²) in [4.78, 5) is 4.11. The van der Waals surface area contributed by atoms with Gasteiger partial charge < -0.3 is 14.0 Å². The van der Waals surface area contributed by atoms with E-state index in [1.54, 1.807) is 24.7 Å². The highest BCUT2D eigenvalue weighted by molar-refractivity contribution is 6.39. The zero-order valence-corrected chi connectivity index (χ0v) is 17.2. The summed E-state index contributed by atoms with van der Waals surface area (Å²) in [7, 11) is 0. The van der Waals surface area contributed by atoms with Gasteiger partial charge in [0, 0.05) is 33.9 Å². The van der Waals surface area contributed by atoms with Crippen LogP contribution in [0, 0.1) is 5.92 Å². The summed E-state index contributed by atoms with van der Waals surface area (Å²) >= 11 is 18.7. The van der Waals surface area contributed by atoms with Crippen molar-refractivity contribution in [3.8, 4) is 0 Å². The van der Waals surface area contributed by atoms with E-state index in [0.29, 0.717) is 47.0 Å². The third-order valence-corrected chi connectivity index (χ3v) is 5.39. The van der Waals surface area contributed by atoms with E-state index >= 15 is 0 Å². The monoisotopic (exact) mass is 416 g/mol. The maximum absolute atomic E-state index is 6.38. The molecule has 1 aromatic carbocycles. The van der Waals surface area contributed by atoms with Crippen LogP contribution in [0.25, 0.3) is 0 Å². The van der Waals surface area contributed by atoms with Crippen LogP contribution in [0.3, 0.4) is 0 Å². The van der Waals surface area contributed by atoms with Crippen LogP contribution >= 0.6 is 34.8 Å². The minimum atomic E-state index is -0.716. The Bertz CT molecular complexity index is 713. The number of nitrogens with zero attached hydrogens (tertiary/aromatic N) is 2. The van der Waals surface area contributed by atoms with Crippen LogP contribution in [0.2, 0.25) is 15.1 Å². The van der Waals surface area contributed by atoms with E-state index in [2.05, 4.69) is 18.8 Å². The third-order valence-electron chi connectivity index (χ3n) is 4.49. The lowest BCUT2D eigenvalue weighted by Crippen LogP contribution is -2.37. The Kier molecular flexibility index (Phi) is 6.52. The molecule has 1 aromatic heterocycles. The standard InChI is InChI=1S/C19H23Cl3N2O2/c1-13(2)7-15-10-25-19(26-15,11-24-6-5-23-12-24)4-3-16-17(21)8-14(20)9-18(16)22/h5-6,8-9,12-13,15H,3-4,7,10-11H2,1-2H3. The fourth-order valence-corrected chi connectivity index (χ4v) is 4.34. The molecule has 0 radical (unpaired) electrons. The number of rotatable bonds is 7. The second-order valence-corrected chi connectivity index (χ2v) is 8.42. The van der Waals surface area contributed by atoms with E-state index < -0.39 is 5.79 Å². The van der Waals surface area contributed by atoms with Crippen LogP contribution in [0.4, 0.5) is 0 Å². The van der Waals surface area contributed by atoms with Crippen molar-refractivity contribution in [3.05, 3.63) is 51.5 Å². The predicted octanol–water partition coefficient (Wildman–Crippen LogP) is 5.63. The highest BCUT2D eigenvalue weighted by Crippen LogP contribution is 2.36. The second kappa shape index (κ2) is 8.49. The van der Waals surface area contributed by atoms with Gasteiger partial charge in [0.25, 0.3) is 0 Å². The third kappa shape index (κ3) is 4.93. The molecule has 4 nitrogen and oxygen atoms in total. The van der Waals surface area contributed by atoms with Gasteiger partial charge in [-0.2, -0.15) is 0 Å². The van der Waals surface area contributed by atoms with Crippen molar-refractivity contribution in [1.82, 2.24) is 9.55 Å². The summed E-state index contributed by atoms with van der Waals surface area (Å²) in [6.07, 6.45) is 7.77. The molecule has 3 rings (SSSR count). The number of hydrogen-bond acceptors (Lipinski definition) is 3. The average Bonchev–Trinajstić information content (AvgIpc) is 3.17. The van der Waals surface area contributed by atoms with Gasteiger partial charge in [-0.05, 0) is 36.5 Å². The normalized spacial score (nSPS) is 23.1. The minimum absolute atomic E-state index is 0.0923. The maximum Gasteiger partial charge on any atom is 0.187 e. The van der Waals surface area contributed by atoms with E-state index in [1.807, 2.05) is 10.8 Å². The number of halogens is 3. The number of benzene rings is 1. The summed E-state index contributed by atoms with van der Waals surface area (Å²) in [5.74, 6) is -0.167. The summed E-state index contributed by atoms with van der Waals surface area (Å²) < 4.78 is 14.5. The zero-order chi connectivity index (χ0) is 18.7. The predicted molar refractivity (Wildman–Crippen MR) is 105 cm³/mol. The van der Waals surface area contributed by atoms with E-state index in [1.165, 1.54) is 0 Å². The lowest BCUT2D eigenvalue weighted by atomic mass is 10.0. The SMILES string of the molecule is CC(C)CC1COC(CCc2c(Cl)cc(Cl)cc2Cl)(Cn2ccnc2)O1. The number of hydrogen-bond donors (Lipinski definition) is 0. The van der Waals surface area contributed by atoms with E-state index in [9.17, 15) is 0 Å². The van der Waals surface area contributed by atoms with Gasteiger partial charge >= 0.3 is 0 Å². The highest BCUT2D eigenvalue weighted by atomic mass is 35.5. The Labute approximate surface area is 169 Å². The topological polar surface area (TPSA) is 36.3 Å². The Hall–Kier alpha value is -0.780. The molecule has 142 valence electrons. The first kappa shape index (κ1) is 20.0. The minimum Gasteiger partial charge on any atom is -0.345 e. The summed E-state index contributed by atoms with van der Waals surface area (Å²) in [6.45, 7) is 5.54. The van der Waals surface area contributed by atoms with Crippen LogP contribution in [-0.4, -0.2) is 28.0 Å². The Morgan fingerprint density at radius 3 is 2.62 bits per heavy atom. The molecule has 2 heterocycles. The lowest BCUT2D eigenvalue weighted by Gasteiger charge is -2.29. The molecule has 2 atom stereocenters.